The number of nitrogens with zero attached hydrogens (tertiary/aromatic N) is 1. The van der Waals surface area contributed by atoms with Crippen LogP contribution in [0.1, 0.15) is 5.56 Å². The Morgan fingerprint density at radius 1 is 1.07 bits per heavy atom. The second-order valence-electron chi connectivity index (χ2n) is 2.83. The van der Waals surface area contributed by atoms with Gasteiger partial charge < -0.3 is 5.32 Å². The van der Waals surface area contributed by atoms with Gasteiger partial charge in [0.15, 0.2) is 0 Å². The molecular formula is C11H8N2S. The van der Waals surface area contributed by atoms with Crippen molar-refractivity contribution >= 4 is 22.7 Å². The molecule has 1 aromatic carbocycles. The third-order valence-corrected chi connectivity index (χ3v) is 2.51. The molecule has 0 bridgehead atoms. The van der Waals surface area contributed by atoms with Crippen molar-refractivity contribution in [2.24, 2.45) is 0 Å². The van der Waals surface area contributed by atoms with Gasteiger partial charge in [-0.3, -0.25) is 0 Å². The molecule has 2 nitrogen and oxygen atoms in total. The first-order chi connectivity index (χ1) is 6.88. The predicted molar refractivity (Wildman–Crippen MR) is 58.8 cm³/mol. The highest BCUT2D eigenvalue weighted by atomic mass is 32.1. The van der Waals surface area contributed by atoms with Crippen LogP contribution < -0.4 is 5.32 Å². The Morgan fingerprint density at radius 2 is 1.86 bits per heavy atom. The second-order valence-corrected chi connectivity index (χ2v) is 3.61. The maximum absolute atomic E-state index is 8.62. The average Bonchev–Trinajstić information content (AvgIpc) is 2.72. The summed E-state index contributed by atoms with van der Waals surface area (Å²) in [5.41, 5.74) is 2.77. The Balaban J connectivity index is 2.15. The Labute approximate surface area is 86.4 Å². The lowest BCUT2D eigenvalue weighted by Gasteiger charge is -2.02. The van der Waals surface area contributed by atoms with E-state index in [1.54, 1.807) is 23.5 Å². The van der Waals surface area contributed by atoms with Gasteiger partial charge in [-0.25, -0.2) is 0 Å². The number of hydrogen-bond donors (Lipinski definition) is 1. The quantitative estimate of drug-likeness (QED) is 0.806. The normalized spacial score (nSPS) is 9.36. The lowest BCUT2D eigenvalue weighted by molar-refractivity contribution is 1.48. The molecule has 3 heteroatoms. The van der Waals surface area contributed by atoms with Gasteiger partial charge in [-0.2, -0.15) is 16.6 Å². The van der Waals surface area contributed by atoms with E-state index in [-0.39, 0.29) is 0 Å². The number of thiophene rings is 1. The maximum atomic E-state index is 8.62. The molecule has 14 heavy (non-hydrogen) atoms. The number of hydrogen-bond acceptors (Lipinski definition) is 3. The zero-order valence-electron chi connectivity index (χ0n) is 7.40. The van der Waals surface area contributed by atoms with Crippen LogP contribution in [0.5, 0.6) is 0 Å². The summed E-state index contributed by atoms with van der Waals surface area (Å²) in [4.78, 5) is 0. The fourth-order valence-electron chi connectivity index (χ4n) is 1.13. The molecule has 0 aliphatic heterocycles. The first-order valence-corrected chi connectivity index (χ1v) is 5.12. The highest BCUT2D eigenvalue weighted by molar-refractivity contribution is 7.08. The number of nitrogens with one attached hydrogen (secondary N) is 1. The van der Waals surface area contributed by atoms with Gasteiger partial charge in [-0.15, -0.1) is 0 Å². The smallest absolute Gasteiger partial charge is 0.0991 e. The Kier molecular flexibility index (Phi) is 2.48. The van der Waals surface area contributed by atoms with Crippen molar-refractivity contribution in [2.75, 3.05) is 5.32 Å². The molecule has 0 aliphatic carbocycles. The van der Waals surface area contributed by atoms with Crippen molar-refractivity contribution in [3.8, 4) is 6.07 Å². The number of benzene rings is 1. The molecule has 0 saturated heterocycles. The average molecular weight is 200 g/mol. The van der Waals surface area contributed by atoms with Crippen molar-refractivity contribution in [1.82, 2.24) is 0 Å². The third kappa shape index (κ3) is 1.93. The largest absolute Gasteiger partial charge is 0.355 e. The molecule has 1 N–H and O–H groups in total. The first-order valence-electron chi connectivity index (χ1n) is 4.18. The van der Waals surface area contributed by atoms with E-state index in [0.29, 0.717) is 5.56 Å². The number of nitriles is 1. The monoisotopic (exact) mass is 200 g/mol. The van der Waals surface area contributed by atoms with E-state index in [2.05, 4.69) is 11.4 Å². The van der Waals surface area contributed by atoms with E-state index >= 15 is 0 Å². The fourth-order valence-corrected chi connectivity index (χ4v) is 1.72. The summed E-state index contributed by atoms with van der Waals surface area (Å²) in [5, 5.41) is 15.9. The van der Waals surface area contributed by atoms with Gasteiger partial charge in [-0.05, 0) is 35.7 Å². The molecule has 0 unspecified atom stereocenters. The molecule has 68 valence electrons. The molecule has 0 spiro atoms. The summed E-state index contributed by atoms with van der Waals surface area (Å²) in [6.45, 7) is 0. The Bertz CT molecular complexity index is 437. The van der Waals surface area contributed by atoms with Crippen molar-refractivity contribution in [1.29, 1.82) is 5.26 Å². The molecule has 0 saturated carbocycles. The topological polar surface area (TPSA) is 35.8 Å². The highest BCUT2D eigenvalue weighted by Crippen LogP contribution is 2.18. The van der Waals surface area contributed by atoms with Crippen LogP contribution in [0.2, 0.25) is 0 Å². The third-order valence-electron chi connectivity index (χ3n) is 1.82. The first kappa shape index (κ1) is 8.79. The summed E-state index contributed by atoms with van der Waals surface area (Å²) in [7, 11) is 0. The van der Waals surface area contributed by atoms with Crippen LogP contribution in [-0.2, 0) is 0 Å². The summed E-state index contributed by atoms with van der Waals surface area (Å²) < 4.78 is 0. The van der Waals surface area contributed by atoms with E-state index < -0.39 is 0 Å². The summed E-state index contributed by atoms with van der Waals surface area (Å²) >= 11 is 1.65. The zero-order chi connectivity index (χ0) is 9.80. The van der Waals surface area contributed by atoms with Crippen LogP contribution in [-0.4, -0.2) is 0 Å². The molecule has 2 rings (SSSR count). The maximum Gasteiger partial charge on any atom is 0.0991 e. The van der Waals surface area contributed by atoms with Crippen molar-refractivity contribution < 1.29 is 0 Å². The number of rotatable bonds is 2. The zero-order valence-corrected chi connectivity index (χ0v) is 8.21. The summed E-state index contributed by atoms with van der Waals surface area (Å²) in [6.07, 6.45) is 0. The Hall–Kier alpha value is -1.79. The van der Waals surface area contributed by atoms with Gasteiger partial charge >= 0.3 is 0 Å². The van der Waals surface area contributed by atoms with Crippen LogP contribution in [0.4, 0.5) is 11.4 Å². The molecule has 0 aliphatic rings. The van der Waals surface area contributed by atoms with Crippen molar-refractivity contribution in [2.45, 2.75) is 0 Å². The van der Waals surface area contributed by atoms with E-state index in [9.17, 15) is 0 Å². The van der Waals surface area contributed by atoms with Gasteiger partial charge in [0.1, 0.15) is 0 Å². The second kappa shape index (κ2) is 3.95. The van der Waals surface area contributed by atoms with Crippen LogP contribution >= 0.6 is 11.3 Å². The highest BCUT2D eigenvalue weighted by Gasteiger charge is 1.94. The van der Waals surface area contributed by atoms with Crippen LogP contribution in [0, 0.1) is 11.3 Å². The van der Waals surface area contributed by atoms with E-state index in [1.807, 2.05) is 29.0 Å². The summed E-state index contributed by atoms with van der Waals surface area (Å²) in [5.74, 6) is 0. The van der Waals surface area contributed by atoms with Crippen molar-refractivity contribution in [3.63, 3.8) is 0 Å². The Morgan fingerprint density at radius 3 is 2.43 bits per heavy atom. The van der Waals surface area contributed by atoms with Crippen LogP contribution in [0.25, 0.3) is 0 Å². The molecule has 1 aromatic heterocycles. The van der Waals surface area contributed by atoms with Crippen LogP contribution in [0.15, 0.2) is 41.1 Å². The van der Waals surface area contributed by atoms with E-state index in [4.69, 9.17) is 5.26 Å². The van der Waals surface area contributed by atoms with E-state index in [1.165, 1.54) is 0 Å². The van der Waals surface area contributed by atoms with Gasteiger partial charge in [0.25, 0.3) is 0 Å². The summed E-state index contributed by atoms with van der Waals surface area (Å²) in [6, 6.07) is 11.5. The standard InChI is InChI=1S/C11H8N2S/c12-7-9-1-3-10(4-2-9)13-11-5-6-14-8-11/h1-6,8,13H. The number of anilines is 2. The molecule has 0 amide bonds. The molecule has 0 radical (unpaired) electrons. The lowest BCUT2D eigenvalue weighted by atomic mass is 10.2. The minimum absolute atomic E-state index is 0.681. The molecule has 1 heterocycles. The van der Waals surface area contributed by atoms with E-state index in [0.717, 1.165) is 11.4 Å². The van der Waals surface area contributed by atoms with Gasteiger partial charge in [0, 0.05) is 16.8 Å². The van der Waals surface area contributed by atoms with Crippen molar-refractivity contribution in [3.05, 3.63) is 46.7 Å². The van der Waals surface area contributed by atoms with Gasteiger partial charge in [0.2, 0.25) is 0 Å². The van der Waals surface area contributed by atoms with Crippen LogP contribution in [0.3, 0.4) is 0 Å². The van der Waals surface area contributed by atoms with Gasteiger partial charge in [0.05, 0.1) is 11.6 Å². The minimum Gasteiger partial charge on any atom is -0.355 e. The van der Waals surface area contributed by atoms with Gasteiger partial charge in [-0.1, -0.05) is 0 Å². The molecule has 0 fully saturated rings. The predicted octanol–water partition coefficient (Wildman–Crippen LogP) is 3.36. The molecular weight excluding hydrogens is 192 g/mol. The lowest BCUT2D eigenvalue weighted by Crippen LogP contribution is -1.87. The minimum atomic E-state index is 0.681. The fraction of sp³-hybridized carbons (Fsp3) is 0. The SMILES string of the molecule is N#Cc1ccc(Nc2ccsc2)cc1. The molecule has 0 atom stereocenters. The molecule has 2 aromatic rings.